The van der Waals surface area contributed by atoms with Crippen LogP contribution in [-0.4, -0.2) is 33.2 Å². The van der Waals surface area contributed by atoms with Crippen molar-refractivity contribution in [3.05, 3.63) is 0 Å². The Hall–Kier alpha value is 0.340. The second-order valence-electron chi connectivity index (χ2n) is 3.95. The Morgan fingerprint density at radius 3 is 2.40 bits per heavy atom. The third-order valence-electron chi connectivity index (χ3n) is 2.54. The maximum absolute atomic E-state index is 11.4. The van der Waals surface area contributed by atoms with Crippen molar-refractivity contribution in [2.75, 3.05) is 33.2 Å². The summed E-state index contributed by atoms with van der Waals surface area (Å²) in [7, 11) is -4.79. The Labute approximate surface area is 90.9 Å². The minimum Gasteiger partial charge on any atom is -0.330 e. The highest BCUT2D eigenvalue weighted by molar-refractivity contribution is 7.53. The minimum atomic E-state index is -2.85. The molecule has 0 aromatic rings. The van der Waals surface area contributed by atoms with E-state index in [-0.39, 0.29) is 5.41 Å². The molecule has 0 aliphatic carbocycles. The lowest BCUT2D eigenvalue weighted by atomic mass is 9.88. The molecule has 0 aromatic heterocycles. The molecule has 0 radical (unpaired) electrons. The fourth-order valence-electron chi connectivity index (χ4n) is 1.23. The van der Waals surface area contributed by atoms with Gasteiger partial charge in [0.2, 0.25) is 0 Å². The summed E-state index contributed by atoms with van der Waals surface area (Å²) < 4.78 is 37.8. The highest BCUT2D eigenvalue weighted by Gasteiger charge is 2.39. The molecule has 0 N–H and O–H groups in total. The molecule has 1 aliphatic heterocycles. The monoisotopic (exact) mass is 256 g/mol. The van der Waals surface area contributed by atoms with Gasteiger partial charge < -0.3 is 13.6 Å². The highest BCUT2D eigenvalue weighted by Crippen LogP contribution is 2.51. The van der Waals surface area contributed by atoms with E-state index in [9.17, 15) is 9.13 Å². The molecule has 1 unspecified atom stereocenters. The molecule has 1 heterocycles. The topological polar surface area (TPSA) is 61.8 Å². The molecular formula is C8H18O5P2. The summed E-state index contributed by atoms with van der Waals surface area (Å²) in [5.41, 5.74) is -0.305. The first kappa shape index (κ1) is 13.4. The minimum absolute atomic E-state index is 0.305. The molecule has 1 aliphatic rings. The first-order valence-corrected chi connectivity index (χ1v) is 8.70. The second kappa shape index (κ2) is 5.11. The van der Waals surface area contributed by atoms with Gasteiger partial charge in [0.1, 0.15) is 0 Å². The predicted octanol–water partition coefficient (Wildman–Crippen LogP) is 2.37. The summed E-state index contributed by atoms with van der Waals surface area (Å²) in [4.78, 5) is 0. The van der Waals surface area contributed by atoms with Crippen molar-refractivity contribution >= 4 is 15.6 Å². The van der Waals surface area contributed by atoms with E-state index in [1.54, 1.807) is 6.66 Å². The van der Waals surface area contributed by atoms with Crippen LogP contribution in [0.15, 0.2) is 0 Å². The quantitative estimate of drug-likeness (QED) is 0.722. The van der Waals surface area contributed by atoms with Crippen molar-refractivity contribution in [1.82, 2.24) is 0 Å². The largest absolute Gasteiger partial charge is 0.330 e. The lowest BCUT2D eigenvalue weighted by Crippen LogP contribution is -2.38. The first-order valence-electron chi connectivity index (χ1n) is 4.89. The Morgan fingerprint density at radius 1 is 1.47 bits per heavy atom. The molecule has 0 spiro atoms. The standard InChI is InChI=1S/C8H18O5P2/c1-4-8(5-11-14(2)9)6-12-15(3,10)13-7-8/h14H,4-7H2,1-3H3. The van der Waals surface area contributed by atoms with Crippen LogP contribution in [0.3, 0.4) is 0 Å². The van der Waals surface area contributed by atoms with E-state index in [0.717, 1.165) is 6.42 Å². The van der Waals surface area contributed by atoms with E-state index in [1.165, 1.54) is 6.66 Å². The third-order valence-corrected chi connectivity index (χ3v) is 4.29. The SMILES string of the molecule is CCC1(CO[PH](C)=O)COP(C)(=O)OC1. The summed E-state index contributed by atoms with van der Waals surface area (Å²) in [6.07, 6.45) is 0.780. The Bertz CT molecular complexity index is 273. The van der Waals surface area contributed by atoms with Gasteiger partial charge in [-0.15, -0.1) is 0 Å². The normalized spacial score (nSPS) is 38.9. The van der Waals surface area contributed by atoms with Gasteiger partial charge >= 0.3 is 7.60 Å². The molecule has 1 fully saturated rings. The van der Waals surface area contributed by atoms with Gasteiger partial charge in [0.15, 0.2) is 8.03 Å². The number of rotatable bonds is 4. The van der Waals surface area contributed by atoms with Gasteiger partial charge in [-0.1, -0.05) is 6.92 Å². The van der Waals surface area contributed by atoms with Crippen LogP contribution in [-0.2, 0) is 22.7 Å². The molecule has 7 heteroatoms. The van der Waals surface area contributed by atoms with Crippen molar-refractivity contribution < 1.29 is 22.7 Å². The van der Waals surface area contributed by atoms with Gasteiger partial charge in [-0.25, -0.2) is 0 Å². The third kappa shape index (κ3) is 4.01. The highest BCUT2D eigenvalue weighted by atomic mass is 31.2. The zero-order valence-corrected chi connectivity index (χ0v) is 11.2. The van der Waals surface area contributed by atoms with Crippen LogP contribution >= 0.6 is 15.6 Å². The Morgan fingerprint density at radius 2 is 2.00 bits per heavy atom. The second-order valence-corrected chi connectivity index (χ2v) is 7.28. The molecule has 0 aromatic carbocycles. The average Bonchev–Trinajstić information content (AvgIpc) is 2.17. The zero-order chi connectivity index (χ0) is 11.5. The van der Waals surface area contributed by atoms with Crippen LogP contribution in [0, 0.1) is 5.41 Å². The molecule has 0 bridgehead atoms. The van der Waals surface area contributed by atoms with Crippen LogP contribution in [0.25, 0.3) is 0 Å². The fraction of sp³-hybridized carbons (Fsp3) is 1.00. The van der Waals surface area contributed by atoms with Crippen LogP contribution in [0.2, 0.25) is 0 Å². The van der Waals surface area contributed by atoms with E-state index < -0.39 is 15.6 Å². The fourth-order valence-corrected chi connectivity index (χ4v) is 2.83. The van der Waals surface area contributed by atoms with Gasteiger partial charge in [0.25, 0.3) is 0 Å². The summed E-state index contributed by atoms with van der Waals surface area (Å²) in [6.45, 7) is 5.99. The summed E-state index contributed by atoms with van der Waals surface area (Å²) in [6, 6.07) is 0. The van der Waals surface area contributed by atoms with Crippen molar-refractivity contribution in [2.45, 2.75) is 13.3 Å². The van der Waals surface area contributed by atoms with Gasteiger partial charge in [-0.05, 0) is 6.42 Å². The van der Waals surface area contributed by atoms with E-state index in [1.807, 2.05) is 6.92 Å². The van der Waals surface area contributed by atoms with E-state index >= 15 is 0 Å². The van der Waals surface area contributed by atoms with Crippen LogP contribution < -0.4 is 0 Å². The maximum atomic E-state index is 11.4. The smallest absolute Gasteiger partial charge is 0.327 e. The molecule has 1 saturated heterocycles. The molecule has 0 amide bonds. The van der Waals surface area contributed by atoms with Gasteiger partial charge in [0, 0.05) is 18.7 Å². The molecule has 90 valence electrons. The van der Waals surface area contributed by atoms with Gasteiger partial charge in [0.05, 0.1) is 19.8 Å². The lowest BCUT2D eigenvalue weighted by Gasteiger charge is -2.37. The predicted molar refractivity (Wildman–Crippen MR) is 59.0 cm³/mol. The zero-order valence-electron chi connectivity index (χ0n) is 9.32. The van der Waals surface area contributed by atoms with Gasteiger partial charge in [-0.3, -0.25) is 9.13 Å². The van der Waals surface area contributed by atoms with Crippen molar-refractivity contribution in [1.29, 1.82) is 0 Å². The van der Waals surface area contributed by atoms with Crippen molar-refractivity contribution in [2.24, 2.45) is 5.41 Å². The van der Waals surface area contributed by atoms with E-state index in [0.29, 0.717) is 19.8 Å². The molecule has 5 nitrogen and oxygen atoms in total. The van der Waals surface area contributed by atoms with Crippen LogP contribution in [0.1, 0.15) is 13.3 Å². The lowest BCUT2D eigenvalue weighted by molar-refractivity contribution is -0.0123. The Kier molecular flexibility index (Phi) is 4.57. The first-order chi connectivity index (χ1) is 6.89. The average molecular weight is 256 g/mol. The molecule has 1 rings (SSSR count). The molecule has 1 atom stereocenters. The Balaban J connectivity index is 2.56. The number of hydrogen-bond donors (Lipinski definition) is 0. The summed E-state index contributed by atoms with van der Waals surface area (Å²) in [5, 5.41) is 0. The van der Waals surface area contributed by atoms with Crippen molar-refractivity contribution in [3.8, 4) is 0 Å². The summed E-state index contributed by atoms with van der Waals surface area (Å²) >= 11 is 0. The maximum Gasteiger partial charge on any atom is 0.327 e. The molecular weight excluding hydrogens is 238 g/mol. The summed E-state index contributed by atoms with van der Waals surface area (Å²) in [5.74, 6) is 0. The molecule has 15 heavy (non-hydrogen) atoms. The van der Waals surface area contributed by atoms with Crippen molar-refractivity contribution in [3.63, 3.8) is 0 Å². The number of hydrogen-bond acceptors (Lipinski definition) is 5. The molecule has 0 saturated carbocycles. The van der Waals surface area contributed by atoms with Crippen LogP contribution in [0.4, 0.5) is 0 Å². The van der Waals surface area contributed by atoms with Crippen LogP contribution in [0.5, 0.6) is 0 Å². The van der Waals surface area contributed by atoms with Gasteiger partial charge in [-0.2, -0.15) is 0 Å². The van der Waals surface area contributed by atoms with E-state index in [4.69, 9.17) is 13.6 Å². The van der Waals surface area contributed by atoms with E-state index in [2.05, 4.69) is 0 Å².